The quantitative estimate of drug-likeness (QED) is 0.667. The Labute approximate surface area is 142 Å². The fraction of sp³-hybridized carbons (Fsp3) is 0.0952. The minimum Gasteiger partial charge on any atom is -0.383 e. The second kappa shape index (κ2) is 7.47. The van der Waals surface area contributed by atoms with Crippen molar-refractivity contribution in [3.8, 4) is 0 Å². The molecule has 2 aromatic carbocycles. The van der Waals surface area contributed by atoms with E-state index in [1.807, 2.05) is 48.5 Å². The normalized spacial score (nSPS) is 16.7. The number of amidine groups is 1. The first-order chi connectivity index (χ1) is 11.7. The highest BCUT2D eigenvalue weighted by Crippen LogP contribution is 2.25. The maximum Gasteiger partial charge on any atom is 0.133 e. The molecule has 1 aliphatic carbocycles. The lowest BCUT2D eigenvalue weighted by Crippen LogP contribution is -2.16. The van der Waals surface area contributed by atoms with Crippen LogP contribution >= 0.6 is 0 Å². The van der Waals surface area contributed by atoms with E-state index in [4.69, 9.17) is 11.5 Å². The summed E-state index contributed by atoms with van der Waals surface area (Å²) in [5, 5.41) is 0. The Kier molecular flexibility index (Phi) is 4.92. The first-order valence-corrected chi connectivity index (χ1v) is 8.02. The zero-order chi connectivity index (χ0) is 16.8. The number of aliphatic imine (C=N–C) groups is 1. The van der Waals surface area contributed by atoms with Crippen LogP contribution in [0.5, 0.6) is 0 Å². The van der Waals surface area contributed by atoms with Gasteiger partial charge in [-0.25, -0.2) is 4.99 Å². The average molecular weight is 315 g/mol. The Morgan fingerprint density at radius 1 is 0.917 bits per heavy atom. The summed E-state index contributed by atoms with van der Waals surface area (Å²) in [5.74, 6) is 0.928. The van der Waals surface area contributed by atoms with Gasteiger partial charge in [-0.1, -0.05) is 78.9 Å². The maximum atomic E-state index is 6.27. The van der Waals surface area contributed by atoms with Crippen LogP contribution in [0.3, 0.4) is 0 Å². The van der Waals surface area contributed by atoms with Crippen LogP contribution in [-0.2, 0) is 6.42 Å². The van der Waals surface area contributed by atoms with E-state index in [0.717, 1.165) is 24.0 Å². The fourth-order valence-corrected chi connectivity index (χ4v) is 2.72. The largest absolute Gasteiger partial charge is 0.383 e. The van der Waals surface area contributed by atoms with Crippen molar-refractivity contribution in [3.63, 3.8) is 0 Å². The van der Waals surface area contributed by atoms with Gasteiger partial charge in [-0.2, -0.15) is 0 Å². The summed E-state index contributed by atoms with van der Waals surface area (Å²) in [6, 6.07) is 20.0. The molecule has 3 rings (SSSR count). The number of rotatable bonds is 4. The molecule has 0 aromatic heterocycles. The lowest BCUT2D eigenvalue weighted by atomic mass is 9.92. The van der Waals surface area contributed by atoms with Crippen molar-refractivity contribution < 1.29 is 0 Å². The van der Waals surface area contributed by atoms with Gasteiger partial charge >= 0.3 is 0 Å². The lowest BCUT2D eigenvalue weighted by molar-refractivity contribution is 1.02. The van der Waals surface area contributed by atoms with Gasteiger partial charge in [0.25, 0.3) is 0 Å². The van der Waals surface area contributed by atoms with E-state index in [9.17, 15) is 0 Å². The number of benzene rings is 2. The van der Waals surface area contributed by atoms with E-state index in [0.29, 0.717) is 11.7 Å². The summed E-state index contributed by atoms with van der Waals surface area (Å²) in [6.45, 7) is 0. The molecule has 1 aliphatic rings. The van der Waals surface area contributed by atoms with Gasteiger partial charge in [-0.15, -0.1) is 0 Å². The van der Waals surface area contributed by atoms with Crippen molar-refractivity contribution in [1.82, 2.24) is 0 Å². The molecule has 0 unspecified atom stereocenters. The van der Waals surface area contributed by atoms with Crippen LogP contribution in [0, 0.1) is 0 Å². The van der Waals surface area contributed by atoms with Crippen LogP contribution in [0.1, 0.15) is 17.5 Å². The molecule has 0 aliphatic heterocycles. The van der Waals surface area contributed by atoms with E-state index in [1.54, 1.807) is 0 Å². The molecule has 0 heterocycles. The van der Waals surface area contributed by atoms with Gasteiger partial charge in [0.1, 0.15) is 11.7 Å². The van der Waals surface area contributed by atoms with Gasteiger partial charge in [0.05, 0.1) is 0 Å². The van der Waals surface area contributed by atoms with E-state index >= 15 is 0 Å². The zero-order valence-electron chi connectivity index (χ0n) is 13.5. The molecule has 0 atom stereocenters. The molecule has 2 aromatic rings. The summed E-state index contributed by atoms with van der Waals surface area (Å²) >= 11 is 0. The minimum absolute atomic E-state index is 0.439. The molecular weight excluding hydrogens is 294 g/mol. The van der Waals surface area contributed by atoms with Gasteiger partial charge in [0.15, 0.2) is 0 Å². The molecule has 0 bridgehead atoms. The van der Waals surface area contributed by atoms with Crippen molar-refractivity contribution in [2.24, 2.45) is 16.5 Å². The Morgan fingerprint density at radius 3 is 2.29 bits per heavy atom. The first-order valence-electron chi connectivity index (χ1n) is 8.02. The third-order valence-corrected chi connectivity index (χ3v) is 4.00. The van der Waals surface area contributed by atoms with Gasteiger partial charge < -0.3 is 11.5 Å². The zero-order valence-corrected chi connectivity index (χ0v) is 13.5. The molecule has 3 nitrogen and oxygen atoms in total. The van der Waals surface area contributed by atoms with Crippen molar-refractivity contribution >= 4 is 5.84 Å². The summed E-state index contributed by atoms with van der Waals surface area (Å²) in [4.78, 5) is 4.44. The van der Waals surface area contributed by atoms with Crippen molar-refractivity contribution in [1.29, 1.82) is 0 Å². The summed E-state index contributed by atoms with van der Waals surface area (Å²) in [7, 11) is 0. The van der Waals surface area contributed by atoms with Crippen LogP contribution in [0.25, 0.3) is 0 Å². The van der Waals surface area contributed by atoms with Crippen LogP contribution in [0.4, 0.5) is 0 Å². The first kappa shape index (κ1) is 15.8. The third-order valence-electron chi connectivity index (χ3n) is 4.00. The molecular formula is C21H21N3. The van der Waals surface area contributed by atoms with E-state index < -0.39 is 0 Å². The summed E-state index contributed by atoms with van der Waals surface area (Å²) in [5.41, 5.74) is 16.7. The number of hydrogen-bond acceptors (Lipinski definition) is 2. The topological polar surface area (TPSA) is 64.4 Å². The van der Waals surface area contributed by atoms with E-state index in [-0.39, 0.29) is 0 Å². The van der Waals surface area contributed by atoms with Crippen LogP contribution < -0.4 is 11.5 Å². The second-order valence-electron chi connectivity index (χ2n) is 5.71. The lowest BCUT2D eigenvalue weighted by Gasteiger charge is -2.15. The highest BCUT2D eigenvalue weighted by Gasteiger charge is 2.12. The van der Waals surface area contributed by atoms with Crippen LogP contribution in [0.2, 0.25) is 0 Å². The molecule has 4 N–H and O–H groups in total. The number of nitrogens with two attached hydrogens (primary N) is 2. The maximum absolute atomic E-state index is 6.27. The van der Waals surface area contributed by atoms with E-state index in [1.165, 1.54) is 11.1 Å². The smallest absolute Gasteiger partial charge is 0.133 e. The van der Waals surface area contributed by atoms with Crippen LogP contribution in [-0.4, -0.2) is 5.84 Å². The van der Waals surface area contributed by atoms with E-state index in [2.05, 4.69) is 35.4 Å². The predicted molar refractivity (Wildman–Crippen MR) is 100 cm³/mol. The average Bonchev–Trinajstić information content (AvgIpc) is 2.63. The van der Waals surface area contributed by atoms with Crippen molar-refractivity contribution in [2.45, 2.75) is 12.8 Å². The molecule has 0 fully saturated rings. The number of hydrogen-bond donors (Lipinski definition) is 2. The van der Waals surface area contributed by atoms with Crippen molar-refractivity contribution in [3.05, 3.63) is 107 Å². The third kappa shape index (κ3) is 3.82. The monoisotopic (exact) mass is 315 g/mol. The SMILES string of the molecule is N/C(=N\C(N)=C1/CC=CC=C1Cc1ccccc1)c1ccccc1. The van der Waals surface area contributed by atoms with Gasteiger partial charge in [-0.3, -0.25) is 0 Å². The Bertz CT molecular complexity index is 813. The molecule has 0 amide bonds. The summed E-state index contributed by atoms with van der Waals surface area (Å²) < 4.78 is 0. The summed E-state index contributed by atoms with van der Waals surface area (Å²) in [6.07, 6.45) is 7.87. The van der Waals surface area contributed by atoms with Crippen molar-refractivity contribution in [2.75, 3.05) is 0 Å². The highest BCUT2D eigenvalue weighted by molar-refractivity contribution is 5.98. The Hall–Kier alpha value is -3.07. The highest BCUT2D eigenvalue weighted by atomic mass is 15.0. The molecule has 0 saturated carbocycles. The molecule has 0 radical (unpaired) electrons. The van der Waals surface area contributed by atoms with Gasteiger partial charge in [-0.05, 0) is 24.0 Å². The molecule has 3 heteroatoms. The second-order valence-corrected chi connectivity index (χ2v) is 5.71. The molecule has 0 spiro atoms. The molecule has 24 heavy (non-hydrogen) atoms. The predicted octanol–water partition coefficient (Wildman–Crippen LogP) is 3.69. The number of nitrogens with zero attached hydrogens (tertiary/aromatic N) is 1. The van der Waals surface area contributed by atoms with Gasteiger partial charge in [0, 0.05) is 11.1 Å². The fourth-order valence-electron chi connectivity index (χ4n) is 2.72. The van der Waals surface area contributed by atoms with Crippen LogP contribution in [0.15, 0.2) is 101 Å². The number of allylic oxidation sites excluding steroid dienone is 5. The Balaban J connectivity index is 1.89. The Morgan fingerprint density at radius 2 is 1.58 bits per heavy atom. The minimum atomic E-state index is 0.439. The standard InChI is InChI=1S/C21H21N3/c22-20(17-11-5-2-6-12-17)24-21(23)19-14-8-7-13-18(19)15-16-9-3-1-4-10-16/h1-13H,14-15,23H2,(H2,22,24)/b21-19+. The molecule has 120 valence electrons. The molecule has 0 saturated heterocycles. The van der Waals surface area contributed by atoms with Gasteiger partial charge in [0.2, 0.25) is 0 Å².